The van der Waals surface area contributed by atoms with Crippen molar-refractivity contribution >= 4 is 23.0 Å². The van der Waals surface area contributed by atoms with E-state index in [9.17, 15) is 0 Å². The summed E-state index contributed by atoms with van der Waals surface area (Å²) in [7, 11) is 0. The number of hydrazine groups is 1. The van der Waals surface area contributed by atoms with Crippen LogP contribution >= 0.6 is 12.2 Å². The van der Waals surface area contributed by atoms with Gasteiger partial charge < -0.3 is 5.32 Å². The molecule has 1 aliphatic rings. The number of nitrogens with one attached hydrogen (secondary N) is 3. The van der Waals surface area contributed by atoms with Crippen molar-refractivity contribution in [1.82, 2.24) is 10.9 Å². The zero-order chi connectivity index (χ0) is 11.9. The van der Waals surface area contributed by atoms with Crippen LogP contribution in [0.2, 0.25) is 0 Å². The highest BCUT2D eigenvalue weighted by molar-refractivity contribution is 7.80. The quantitative estimate of drug-likeness (QED) is 0.569. The lowest BCUT2D eigenvalue weighted by Gasteiger charge is -2.23. The van der Waals surface area contributed by atoms with Gasteiger partial charge in [0.05, 0.1) is 0 Å². The lowest BCUT2D eigenvalue weighted by atomic mass is 9.96. The molecule has 0 atom stereocenters. The molecule has 0 saturated heterocycles. The lowest BCUT2D eigenvalue weighted by molar-refractivity contribution is 0.362. The van der Waals surface area contributed by atoms with Gasteiger partial charge >= 0.3 is 0 Å². The molecule has 0 unspecified atom stereocenters. The molecule has 0 spiro atoms. The van der Waals surface area contributed by atoms with Crippen LogP contribution in [-0.2, 0) is 0 Å². The van der Waals surface area contributed by atoms with E-state index in [-0.39, 0.29) is 0 Å². The monoisotopic (exact) mass is 249 g/mol. The molecule has 3 nitrogen and oxygen atoms in total. The first-order valence-electron chi connectivity index (χ1n) is 6.22. The maximum atomic E-state index is 5.22. The van der Waals surface area contributed by atoms with Gasteiger partial charge in [-0.05, 0) is 37.2 Å². The summed E-state index contributed by atoms with van der Waals surface area (Å²) in [4.78, 5) is 0. The topological polar surface area (TPSA) is 36.1 Å². The minimum Gasteiger partial charge on any atom is -0.332 e. The van der Waals surface area contributed by atoms with Gasteiger partial charge in [-0.25, -0.2) is 5.43 Å². The normalized spacial score (nSPS) is 16.5. The summed E-state index contributed by atoms with van der Waals surface area (Å²) in [5, 5.41) is 3.77. The van der Waals surface area contributed by atoms with Crippen LogP contribution in [0.5, 0.6) is 0 Å². The van der Waals surface area contributed by atoms with Gasteiger partial charge in [-0.3, -0.25) is 5.43 Å². The summed E-state index contributed by atoms with van der Waals surface area (Å²) in [5.41, 5.74) is 7.37. The second-order valence-corrected chi connectivity index (χ2v) is 4.83. The van der Waals surface area contributed by atoms with E-state index in [1.165, 1.54) is 32.1 Å². The number of hydrogen-bond acceptors (Lipinski definition) is 2. The van der Waals surface area contributed by atoms with Gasteiger partial charge in [0, 0.05) is 11.7 Å². The Balaban J connectivity index is 1.70. The Hall–Kier alpha value is -1.13. The Bertz CT molecular complexity index is 347. The number of benzene rings is 1. The Labute approximate surface area is 108 Å². The zero-order valence-electron chi connectivity index (χ0n) is 9.91. The Morgan fingerprint density at radius 1 is 1.06 bits per heavy atom. The molecule has 0 amide bonds. The molecule has 2 rings (SSSR count). The van der Waals surface area contributed by atoms with E-state index in [0.717, 1.165) is 5.69 Å². The highest BCUT2D eigenvalue weighted by Crippen LogP contribution is 2.16. The molecule has 3 N–H and O–H groups in total. The minimum atomic E-state index is 0.555. The van der Waals surface area contributed by atoms with E-state index in [4.69, 9.17) is 12.2 Å². The van der Waals surface area contributed by atoms with Gasteiger partial charge in [0.15, 0.2) is 5.11 Å². The summed E-state index contributed by atoms with van der Waals surface area (Å²) in [6.45, 7) is 0. The fourth-order valence-corrected chi connectivity index (χ4v) is 2.28. The minimum absolute atomic E-state index is 0.555. The average Bonchev–Trinajstić information content (AvgIpc) is 2.39. The molecule has 1 aliphatic carbocycles. The van der Waals surface area contributed by atoms with Crippen LogP contribution < -0.4 is 16.2 Å². The summed E-state index contributed by atoms with van der Waals surface area (Å²) in [6, 6.07) is 10.5. The van der Waals surface area contributed by atoms with Crippen molar-refractivity contribution < 1.29 is 0 Å². The third-order valence-corrected chi connectivity index (χ3v) is 3.23. The number of anilines is 1. The predicted octanol–water partition coefficient (Wildman–Crippen LogP) is 2.81. The van der Waals surface area contributed by atoms with Crippen LogP contribution in [0.3, 0.4) is 0 Å². The number of para-hydroxylation sites is 1. The molecule has 0 bridgehead atoms. The third-order valence-electron chi connectivity index (χ3n) is 3.03. The van der Waals surface area contributed by atoms with Gasteiger partial charge in [0.2, 0.25) is 0 Å². The summed E-state index contributed by atoms with van der Waals surface area (Å²) in [6.07, 6.45) is 6.48. The van der Waals surface area contributed by atoms with Crippen LogP contribution in [-0.4, -0.2) is 11.2 Å². The number of thiocarbonyl (C=S) groups is 1. The number of rotatable bonds is 3. The molecule has 1 saturated carbocycles. The highest BCUT2D eigenvalue weighted by atomic mass is 32.1. The molecule has 0 heterocycles. The standard InChI is InChI=1S/C13H19N3S/c17-13(14-11-7-3-1-4-8-11)16-15-12-9-5-2-6-10-12/h1,3-4,7-8,12,15H,2,5-6,9-10H2,(H2,14,16,17). The van der Waals surface area contributed by atoms with Gasteiger partial charge in [0.1, 0.15) is 0 Å². The molecule has 0 radical (unpaired) electrons. The molecule has 4 heteroatoms. The maximum absolute atomic E-state index is 5.22. The smallest absolute Gasteiger partial charge is 0.185 e. The first kappa shape index (κ1) is 12.3. The fourth-order valence-electron chi connectivity index (χ4n) is 2.10. The number of hydrogen-bond donors (Lipinski definition) is 3. The lowest BCUT2D eigenvalue weighted by Crippen LogP contribution is -2.46. The van der Waals surface area contributed by atoms with Crippen LogP contribution in [0.4, 0.5) is 5.69 Å². The maximum Gasteiger partial charge on any atom is 0.185 e. The van der Waals surface area contributed by atoms with E-state index < -0.39 is 0 Å². The van der Waals surface area contributed by atoms with E-state index in [0.29, 0.717) is 11.2 Å². The van der Waals surface area contributed by atoms with Crippen LogP contribution in [0, 0.1) is 0 Å². The Morgan fingerprint density at radius 3 is 2.47 bits per heavy atom. The van der Waals surface area contributed by atoms with E-state index in [1.807, 2.05) is 30.3 Å². The fraction of sp³-hybridized carbons (Fsp3) is 0.462. The molecular weight excluding hydrogens is 230 g/mol. The average molecular weight is 249 g/mol. The van der Waals surface area contributed by atoms with Crippen molar-refractivity contribution in [2.45, 2.75) is 38.1 Å². The van der Waals surface area contributed by atoms with E-state index in [1.54, 1.807) is 0 Å². The Morgan fingerprint density at radius 2 is 1.76 bits per heavy atom. The molecule has 1 aromatic carbocycles. The molecule has 0 aliphatic heterocycles. The molecule has 17 heavy (non-hydrogen) atoms. The van der Waals surface area contributed by atoms with Gasteiger partial charge in [-0.15, -0.1) is 0 Å². The van der Waals surface area contributed by atoms with Crippen LogP contribution in [0.1, 0.15) is 32.1 Å². The predicted molar refractivity (Wildman–Crippen MR) is 75.8 cm³/mol. The largest absolute Gasteiger partial charge is 0.332 e. The van der Waals surface area contributed by atoms with Crippen molar-refractivity contribution in [3.05, 3.63) is 30.3 Å². The van der Waals surface area contributed by atoms with Gasteiger partial charge in [-0.2, -0.15) is 0 Å². The second-order valence-electron chi connectivity index (χ2n) is 4.42. The van der Waals surface area contributed by atoms with E-state index >= 15 is 0 Å². The Kier molecular flexibility index (Phi) is 4.76. The van der Waals surface area contributed by atoms with Crippen molar-refractivity contribution in [2.75, 3.05) is 5.32 Å². The van der Waals surface area contributed by atoms with Crippen molar-refractivity contribution in [3.8, 4) is 0 Å². The van der Waals surface area contributed by atoms with Gasteiger partial charge in [-0.1, -0.05) is 37.5 Å². The van der Waals surface area contributed by atoms with Crippen molar-refractivity contribution in [1.29, 1.82) is 0 Å². The first-order valence-corrected chi connectivity index (χ1v) is 6.63. The van der Waals surface area contributed by atoms with Crippen molar-refractivity contribution in [3.63, 3.8) is 0 Å². The van der Waals surface area contributed by atoms with Crippen LogP contribution in [0.25, 0.3) is 0 Å². The summed E-state index contributed by atoms with van der Waals surface area (Å²) >= 11 is 5.22. The van der Waals surface area contributed by atoms with Crippen LogP contribution in [0.15, 0.2) is 30.3 Å². The summed E-state index contributed by atoms with van der Waals surface area (Å²) < 4.78 is 0. The molecule has 1 fully saturated rings. The van der Waals surface area contributed by atoms with Crippen molar-refractivity contribution in [2.24, 2.45) is 0 Å². The third kappa shape index (κ3) is 4.32. The summed E-state index contributed by atoms with van der Waals surface area (Å²) in [5.74, 6) is 0. The molecule has 1 aromatic rings. The zero-order valence-corrected chi connectivity index (χ0v) is 10.7. The SMILES string of the molecule is S=C(NNC1CCCCC1)Nc1ccccc1. The first-order chi connectivity index (χ1) is 8.34. The second kappa shape index (κ2) is 6.57. The van der Waals surface area contributed by atoms with E-state index in [2.05, 4.69) is 16.2 Å². The molecule has 0 aromatic heterocycles. The highest BCUT2D eigenvalue weighted by Gasteiger charge is 2.12. The molecule has 92 valence electrons. The van der Waals surface area contributed by atoms with Gasteiger partial charge in [0.25, 0.3) is 0 Å². The molecular formula is C13H19N3S.